The average molecular weight is 310 g/mol. The van der Waals surface area contributed by atoms with Crippen molar-refractivity contribution in [3.05, 3.63) is 35.4 Å². The van der Waals surface area contributed by atoms with Gasteiger partial charge in [0.15, 0.2) is 0 Å². The molecule has 1 aromatic carbocycles. The summed E-state index contributed by atoms with van der Waals surface area (Å²) in [5.41, 5.74) is 1.61. The second kappa shape index (κ2) is 7.04. The van der Waals surface area contributed by atoms with Crippen LogP contribution in [0.3, 0.4) is 0 Å². The molecule has 5 nitrogen and oxygen atoms in total. The van der Waals surface area contributed by atoms with Crippen LogP contribution in [0, 0.1) is 5.92 Å². The van der Waals surface area contributed by atoms with Gasteiger partial charge in [-0.2, -0.15) is 0 Å². The molecular weight excluding hydrogens is 288 g/mol. The van der Waals surface area contributed by atoms with Crippen molar-refractivity contribution in [2.45, 2.75) is 44.4 Å². The molecular formula is C15H22N2O3S. The van der Waals surface area contributed by atoms with Gasteiger partial charge in [0.1, 0.15) is 0 Å². The number of primary sulfonamides is 1. The van der Waals surface area contributed by atoms with Gasteiger partial charge in [0.05, 0.1) is 5.75 Å². The van der Waals surface area contributed by atoms with Crippen molar-refractivity contribution >= 4 is 15.9 Å². The van der Waals surface area contributed by atoms with Crippen LogP contribution in [0.25, 0.3) is 0 Å². The molecule has 3 N–H and O–H groups in total. The largest absolute Gasteiger partial charge is 0.352 e. The van der Waals surface area contributed by atoms with E-state index in [1.165, 1.54) is 6.42 Å². The Hall–Kier alpha value is -1.40. The monoisotopic (exact) mass is 310 g/mol. The highest BCUT2D eigenvalue weighted by Crippen LogP contribution is 2.23. The molecule has 1 fully saturated rings. The molecule has 21 heavy (non-hydrogen) atoms. The second-order valence-electron chi connectivity index (χ2n) is 5.68. The van der Waals surface area contributed by atoms with Crippen LogP contribution in [0.4, 0.5) is 0 Å². The quantitative estimate of drug-likeness (QED) is 0.867. The van der Waals surface area contributed by atoms with Gasteiger partial charge in [0, 0.05) is 12.5 Å². The van der Waals surface area contributed by atoms with Gasteiger partial charge in [-0.05, 0) is 24.0 Å². The SMILES string of the molecule is NS(=O)(=O)Cc1ccc(CNC(=O)C2CCCCC2)cc1. The minimum absolute atomic E-state index is 0.128. The first-order valence-electron chi connectivity index (χ1n) is 7.30. The van der Waals surface area contributed by atoms with Gasteiger partial charge in [-0.25, -0.2) is 13.6 Å². The molecule has 1 saturated carbocycles. The highest BCUT2D eigenvalue weighted by Gasteiger charge is 2.20. The van der Waals surface area contributed by atoms with Crippen LogP contribution in [-0.4, -0.2) is 14.3 Å². The zero-order valence-corrected chi connectivity index (χ0v) is 12.9. The summed E-state index contributed by atoms with van der Waals surface area (Å²) in [5, 5.41) is 7.96. The van der Waals surface area contributed by atoms with E-state index in [0.717, 1.165) is 31.2 Å². The minimum Gasteiger partial charge on any atom is -0.352 e. The molecule has 1 aromatic rings. The van der Waals surface area contributed by atoms with E-state index in [1.807, 2.05) is 12.1 Å². The summed E-state index contributed by atoms with van der Waals surface area (Å²) in [6.45, 7) is 0.477. The van der Waals surface area contributed by atoms with Crippen molar-refractivity contribution in [3.8, 4) is 0 Å². The van der Waals surface area contributed by atoms with Gasteiger partial charge < -0.3 is 5.32 Å². The van der Waals surface area contributed by atoms with Crippen LogP contribution in [0.15, 0.2) is 24.3 Å². The van der Waals surface area contributed by atoms with Crippen LogP contribution in [0.2, 0.25) is 0 Å². The van der Waals surface area contributed by atoms with Crippen LogP contribution in [0.5, 0.6) is 0 Å². The number of nitrogens with one attached hydrogen (secondary N) is 1. The number of nitrogens with two attached hydrogens (primary N) is 1. The number of hydrogen-bond donors (Lipinski definition) is 2. The highest BCUT2D eigenvalue weighted by molar-refractivity contribution is 7.88. The zero-order valence-electron chi connectivity index (χ0n) is 12.0. The Balaban J connectivity index is 1.84. The topological polar surface area (TPSA) is 89.3 Å². The molecule has 1 aliphatic carbocycles. The van der Waals surface area contributed by atoms with Gasteiger partial charge in [-0.1, -0.05) is 43.5 Å². The number of amides is 1. The Morgan fingerprint density at radius 3 is 2.24 bits per heavy atom. The molecule has 116 valence electrons. The van der Waals surface area contributed by atoms with Gasteiger partial charge >= 0.3 is 0 Å². The van der Waals surface area contributed by atoms with Crippen molar-refractivity contribution < 1.29 is 13.2 Å². The third-order valence-corrected chi connectivity index (χ3v) is 4.57. The molecule has 0 heterocycles. The Kier molecular flexibility index (Phi) is 5.36. The van der Waals surface area contributed by atoms with Crippen molar-refractivity contribution in [1.82, 2.24) is 5.32 Å². The molecule has 0 spiro atoms. The van der Waals surface area contributed by atoms with Crippen LogP contribution in [-0.2, 0) is 27.1 Å². The number of benzene rings is 1. The van der Waals surface area contributed by atoms with E-state index in [1.54, 1.807) is 12.1 Å². The van der Waals surface area contributed by atoms with E-state index in [9.17, 15) is 13.2 Å². The normalized spacial score (nSPS) is 16.6. The Labute approximate surface area is 126 Å². The maximum absolute atomic E-state index is 12.0. The van der Waals surface area contributed by atoms with E-state index < -0.39 is 10.0 Å². The smallest absolute Gasteiger partial charge is 0.223 e. The second-order valence-corrected chi connectivity index (χ2v) is 7.29. The first-order chi connectivity index (χ1) is 9.94. The van der Waals surface area contributed by atoms with E-state index >= 15 is 0 Å². The molecule has 6 heteroatoms. The Morgan fingerprint density at radius 2 is 1.67 bits per heavy atom. The molecule has 0 unspecified atom stereocenters. The van der Waals surface area contributed by atoms with Crippen LogP contribution >= 0.6 is 0 Å². The molecule has 0 aliphatic heterocycles. The fourth-order valence-corrected chi connectivity index (χ4v) is 3.34. The first-order valence-corrected chi connectivity index (χ1v) is 9.01. The number of carbonyl (C=O) groups excluding carboxylic acids is 1. The third kappa shape index (κ3) is 5.47. The molecule has 0 bridgehead atoms. The zero-order chi connectivity index (χ0) is 15.3. The predicted octanol–water partition coefficient (Wildman–Crippen LogP) is 1.67. The van der Waals surface area contributed by atoms with Crippen molar-refractivity contribution in [2.24, 2.45) is 11.1 Å². The summed E-state index contributed by atoms with van der Waals surface area (Å²) in [6, 6.07) is 7.10. The lowest BCUT2D eigenvalue weighted by molar-refractivity contribution is -0.126. The van der Waals surface area contributed by atoms with Crippen molar-refractivity contribution in [3.63, 3.8) is 0 Å². The lowest BCUT2D eigenvalue weighted by Gasteiger charge is -2.20. The highest BCUT2D eigenvalue weighted by atomic mass is 32.2. The Morgan fingerprint density at radius 1 is 1.10 bits per heavy atom. The summed E-state index contributed by atoms with van der Waals surface area (Å²) in [4.78, 5) is 12.0. The van der Waals surface area contributed by atoms with E-state index in [-0.39, 0.29) is 17.6 Å². The molecule has 0 radical (unpaired) electrons. The number of rotatable bonds is 5. The predicted molar refractivity (Wildman–Crippen MR) is 81.7 cm³/mol. The van der Waals surface area contributed by atoms with E-state index in [4.69, 9.17) is 5.14 Å². The maximum atomic E-state index is 12.0. The maximum Gasteiger partial charge on any atom is 0.223 e. The number of hydrogen-bond acceptors (Lipinski definition) is 3. The molecule has 0 aromatic heterocycles. The van der Waals surface area contributed by atoms with E-state index in [2.05, 4.69) is 5.32 Å². The van der Waals surface area contributed by atoms with Crippen molar-refractivity contribution in [1.29, 1.82) is 0 Å². The van der Waals surface area contributed by atoms with Gasteiger partial charge in [-0.3, -0.25) is 4.79 Å². The summed E-state index contributed by atoms with van der Waals surface area (Å²) < 4.78 is 22.0. The van der Waals surface area contributed by atoms with Gasteiger partial charge in [0.2, 0.25) is 15.9 Å². The third-order valence-electron chi connectivity index (χ3n) is 3.83. The van der Waals surface area contributed by atoms with Crippen LogP contribution in [0.1, 0.15) is 43.2 Å². The molecule has 0 atom stereocenters. The fourth-order valence-electron chi connectivity index (χ4n) is 2.68. The molecule has 1 amide bonds. The lowest BCUT2D eigenvalue weighted by Crippen LogP contribution is -2.31. The summed E-state index contributed by atoms with van der Waals surface area (Å²) in [6.07, 6.45) is 5.48. The van der Waals surface area contributed by atoms with Gasteiger partial charge in [-0.15, -0.1) is 0 Å². The lowest BCUT2D eigenvalue weighted by atomic mass is 9.88. The van der Waals surface area contributed by atoms with Gasteiger partial charge in [0.25, 0.3) is 0 Å². The standard InChI is InChI=1S/C15H22N2O3S/c16-21(19,20)11-13-8-6-12(7-9-13)10-17-15(18)14-4-2-1-3-5-14/h6-9,14H,1-5,10-11H2,(H,17,18)(H2,16,19,20). The Bertz CT molecular complexity index is 575. The summed E-state index contributed by atoms with van der Waals surface area (Å²) in [5.74, 6) is 0.116. The van der Waals surface area contributed by atoms with E-state index in [0.29, 0.717) is 12.1 Å². The molecule has 2 rings (SSSR count). The summed E-state index contributed by atoms with van der Waals surface area (Å²) in [7, 11) is -3.50. The fraction of sp³-hybridized carbons (Fsp3) is 0.533. The minimum atomic E-state index is -3.50. The molecule has 0 saturated heterocycles. The first kappa shape index (κ1) is 16.0. The molecule has 1 aliphatic rings. The van der Waals surface area contributed by atoms with Crippen molar-refractivity contribution in [2.75, 3.05) is 0 Å². The number of sulfonamides is 1. The average Bonchev–Trinajstić information content (AvgIpc) is 2.45. The number of carbonyl (C=O) groups is 1. The summed E-state index contributed by atoms with van der Waals surface area (Å²) >= 11 is 0. The van der Waals surface area contributed by atoms with Crippen LogP contribution < -0.4 is 10.5 Å².